The SMILES string of the molecule is N#CC1(NC(=O)CNC(=O)Cc2nc3c(Cl)cc(-c4ccccc4)cc3s2)CC1. The van der Waals surface area contributed by atoms with Crippen molar-refractivity contribution >= 4 is 45.0 Å². The zero-order chi connectivity index (χ0) is 20.4. The highest BCUT2D eigenvalue weighted by Gasteiger charge is 2.44. The van der Waals surface area contributed by atoms with Crippen molar-refractivity contribution in [1.29, 1.82) is 5.26 Å². The molecule has 0 unspecified atom stereocenters. The van der Waals surface area contributed by atoms with Crippen LogP contribution in [0.1, 0.15) is 17.8 Å². The number of fused-ring (bicyclic) bond motifs is 1. The number of amides is 2. The van der Waals surface area contributed by atoms with Gasteiger partial charge in [0.05, 0.1) is 28.8 Å². The van der Waals surface area contributed by atoms with Gasteiger partial charge in [0.2, 0.25) is 11.8 Å². The largest absolute Gasteiger partial charge is 0.347 e. The Bertz CT molecular complexity index is 1130. The van der Waals surface area contributed by atoms with Crippen molar-refractivity contribution in [2.75, 3.05) is 6.54 Å². The number of benzene rings is 2. The highest BCUT2D eigenvalue weighted by atomic mass is 35.5. The lowest BCUT2D eigenvalue weighted by atomic mass is 10.1. The maximum Gasteiger partial charge on any atom is 0.240 e. The molecular weight excluding hydrogens is 408 g/mol. The Balaban J connectivity index is 1.42. The Hall–Kier alpha value is -2.95. The molecule has 0 spiro atoms. The summed E-state index contributed by atoms with van der Waals surface area (Å²) < 4.78 is 0.904. The summed E-state index contributed by atoms with van der Waals surface area (Å²) in [5.41, 5.74) is 1.98. The molecular formula is C21H17ClN4O2S. The second-order valence-corrected chi connectivity index (χ2v) is 8.50. The van der Waals surface area contributed by atoms with Crippen molar-refractivity contribution in [2.24, 2.45) is 0 Å². The number of carbonyl (C=O) groups excluding carboxylic acids is 2. The van der Waals surface area contributed by atoms with Crippen molar-refractivity contribution in [2.45, 2.75) is 24.8 Å². The summed E-state index contributed by atoms with van der Waals surface area (Å²) in [6.07, 6.45) is 1.37. The van der Waals surface area contributed by atoms with E-state index in [4.69, 9.17) is 16.9 Å². The van der Waals surface area contributed by atoms with Crippen LogP contribution in [0.15, 0.2) is 42.5 Å². The highest BCUT2D eigenvalue weighted by Crippen LogP contribution is 2.34. The number of halogens is 1. The maximum atomic E-state index is 12.2. The summed E-state index contributed by atoms with van der Waals surface area (Å²) in [6, 6.07) is 15.9. The van der Waals surface area contributed by atoms with Gasteiger partial charge < -0.3 is 10.6 Å². The molecule has 1 fully saturated rings. The van der Waals surface area contributed by atoms with E-state index in [0.717, 1.165) is 15.8 Å². The molecule has 1 aromatic heterocycles. The topological polar surface area (TPSA) is 94.9 Å². The fourth-order valence-electron chi connectivity index (χ4n) is 2.99. The number of nitrogens with zero attached hydrogens (tertiary/aromatic N) is 2. The minimum Gasteiger partial charge on any atom is -0.347 e. The molecule has 1 heterocycles. The second kappa shape index (κ2) is 7.82. The lowest BCUT2D eigenvalue weighted by molar-refractivity contribution is -0.126. The van der Waals surface area contributed by atoms with Gasteiger partial charge in [-0.15, -0.1) is 11.3 Å². The van der Waals surface area contributed by atoms with Crippen molar-refractivity contribution in [3.63, 3.8) is 0 Å². The lowest BCUT2D eigenvalue weighted by Crippen LogP contribution is -2.43. The Labute approximate surface area is 176 Å². The van der Waals surface area contributed by atoms with Gasteiger partial charge >= 0.3 is 0 Å². The third-order valence-electron chi connectivity index (χ3n) is 4.70. The molecule has 6 nitrogen and oxygen atoms in total. The molecule has 2 aromatic carbocycles. The molecule has 0 aliphatic heterocycles. The zero-order valence-corrected chi connectivity index (χ0v) is 16.9. The highest BCUT2D eigenvalue weighted by molar-refractivity contribution is 7.18. The van der Waals surface area contributed by atoms with Crippen LogP contribution in [0.25, 0.3) is 21.3 Å². The van der Waals surface area contributed by atoms with Crippen LogP contribution in [0.2, 0.25) is 5.02 Å². The Morgan fingerprint density at radius 3 is 2.62 bits per heavy atom. The van der Waals surface area contributed by atoms with E-state index >= 15 is 0 Å². The number of aromatic nitrogens is 1. The normalized spacial score (nSPS) is 14.2. The predicted molar refractivity (Wildman–Crippen MR) is 113 cm³/mol. The van der Waals surface area contributed by atoms with Gasteiger partial charge in [0.15, 0.2) is 0 Å². The van der Waals surface area contributed by atoms with Gasteiger partial charge in [-0.05, 0) is 36.1 Å². The Kier molecular flexibility index (Phi) is 5.22. The first-order valence-corrected chi connectivity index (χ1v) is 10.3. The third kappa shape index (κ3) is 4.39. The fraction of sp³-hybridized carbons (Fsp3) is 0.238. The number of rotatable bonds is 6. The average molecular weight is 425 g/mol. The van der Waals surface area contributed by atoms with E-state index in [0.29, 0.717) is 28.4 Å². The number of nitriles is 1. The predicted octanol–water partition coefficient (Wildman–Crippen LogP) is 3.45. The van der Waals surface area contributed by atoms with Crippen molar-refractivity contribution < 1.29 is 9.59 Å². The maximum absolute atomic E-state index is 12.2. The Morgan fingerprint density at radius 2 is 1.93 bits per heavy atom. The standard InChI is InChI=1S/C21H17ClN4O2S/c22-15-8-14(13-4-2-1-3-5-13)9-16-20(15)25-19(29-16)10-17(27)24-11-18(28)26-21(12-23)6-7-21/h1-5,8-9H,6-7,10-11H2,(H,24,27)(H,26,28). The van der Waals surface area contributed by atoms with E-state index in [1.54, 1.807) is 0 Å². The molecule has 0 bridgehead atoms. The fourth-order valence-corrected chi connectivity index (χ4v) is 4.34. The number of hydrogen-bond donors (Lipinski definition) is 2. The molecule has 8 heteroatoms. The quantitative estimate of drug-likeness (QED) is 0.633. The number of nitrogens with one attached hydrogen (secondary N) is 2. The van der Waals surface area contributed by atoms with Gasteiger partial charge in [-0.3, -0.25) is 9.59 Å². The van der Waals surface area contributed by atoms with E-state index in [-0.39, 0.29) is 24.8 Å². The van der Waals surface area contributed by atoms with E-state index in [1.807, 2.05) is 42.5 Å². The molecule has 2 amide bonds. The third-order valence-corrected chi connectivity index (χ3v) is 5.99. The minimum atomic E-state index is -0.734. The molecule has 3 aromatic rings. The van der Waals surface area contributed by atoms with Gasteiger partial charge in [0.1, 0.15) is 16.1 Å². The summed E-state index contributed by atoms with van der Waals surface area (Å²) in [6.45, 7) is -0.161. The molecule has 1 saturated carbocycles. The van der Waals surface area contributed by atoms with Crippen LogP contribution in [-0.4, -0.2) is 28.9 Å². The van der Waals surface area contributed by atoms with Crippen LogP contribution in [0.4, 0.5) is 0 Å². The van der Waals surface area contributed by atoms with E-state index in [9.17, 15) is 9.59 Å². The first kappa shape index (κ1) is 19.4. The monoisotopic (exact) mass is 424 g/mol. The summed E-state index contributed by atoms with van der Waals surface area (Å²) in [4.78, 5) is 28.5. The van der Waals surface area contributed by atoms with E-state index < -0.39 is 5.54 Å². The molecule has 4 rings (SSSR count). The van der Waals surface area contributed by atoms with Crippen LogP contribution in [0.3, 0.4) is 0 Å². The molecule has 0 saturated heterocycles. The van der Waals surface area contributed by atoms with Gasteiger partial charge in [0.25, 0.3) is 0 Å². The lowest BCUT2D eigenvalue weighted by Gasteiger charge is -2.09. The van der Waals surface area contributed by atoms with Crippen molar-refractivity contribution in [1.82, 2.24) is 15.6 Å². The molecule has 146 valence electrons. The van der Waals surface area contributed by atoms with Crippen molar-refractivity contribution in [3.8, 4) is 17.2 Å². The van der Waals surface area contributed by atoms with Crippen LogP contribution >= 0.6 is 22.9 Å². The summed E-state index contributed by atoms with van der Waals surface area (Å²) in [7, 11) is 0. The van der Waals surface area contributed by atoms with Gasteiger partial charge in [-0.25, -0.2) is 4.98 Å². The zero-order valence-electron chi connectivity index (χ0n) is 15.4. The second-order valence-electron chi connectivity index (χ2n) is 6.97. The van der Waals surface area contributed by atoms with Gasteiger partial charge in [-0.2, -0.15) is 5.26 Å². The Morgan fingerprint density at radius 1 is 1.17 bits per heavy atom. The number of thiazole rings is 1. The molecule has 2 N–H and O–H groups in total. The summed E-state index contributed by atoms with van der Waals surface area (Å²) in [5, 5.41) is 15.4. The van der Waals surface area contributed by atoms with Gasteiger partial charge in [-0.1, -0.05) is 41.9 Å². The average Bonchev–Trinajstić information content (AvgIpc) is 3.37. The summed E-state index contributed by atoms with van der Waals surface area (Å²) in [5.74, 6) is -0.669. The molecule has 1 aliphatic rings. The molecule has 0 radical (unpaired) electrons. The van der Waals surface area contributed by atoms with E-state index in [1.165, 1.54) is 11.3 Å². The first-order valence-electron chi connectivity index (χ1n) is 9.11. The van der Waals surface area contributed by atoms with Crippen LogP contribution < -0.4 is 10.6 Å². The minimum absolute atomic E-state index is 0.0625. The van der Waals surface area contributed by atoms with Crippen LogP contribution in [0, 0.1) is 11.3 Å². The smallest absolute Gasteiger partial charge is 0.240 e. The first-order chi connectivity index (χ1) is 14.0. The molecule has 0 atom stereocenters. The van der Waals surface area contributed by atoms with Crippen molar-refractivity contribution in [3.05, 3.63) is 52.5 Å². The molecule has 1 aliphatic carbocycles. The number of carbonyl (C=O) groups is 2. The van der Waals surface area contributed by atoms with E-state index in [2.05, 4.69) is 21.7 Å². The van der Waals surface area contributed by atoms with Crippen LogP contribution in [0.5, 0.6) is 0 Å². The van der Waals surface area contributed by atoms with Crippen LogP contribution in [-0.2, 0) is 16.0 Å². The number of hydrogen-bond acceptors (Lipinski definition) is 5. The molecule has 29 heavy (non-hydrogen) atoms. The summed E-state index contributed by atoms with van der Waals surface area (Å²) >= 11 is 7.82. The van der Waals surface area contributed by atoms with Gasteiger partial charge in [0, 0.05) is 0 Å².